The molecule has 0 spiro atoms. The smallest absolute Gasteiger partial charge is 0.349 e. The van der Waals surface area contributed by atoms with Crippen LogP contribution in [0.2, 0.25) is 0 Å². The normalized spacial score (nSPS) is 13.0. The minimum Gasteiger partial charge on any atom is -0.478 e. The molecule has 0 fully saturated rings. The summed E-state index contributed by atoms with van der Waals surface area (Å²) >= 11 is 0. The molecule has 2 aromatic carbocycles. The summed E-state index contributed by atoms with van der Waals surface area (Å²) in [7, 11) is 3.87. The van der Waals surface area contributed by atoms with Crippen molar-refractivity contribution in [1.82, 2.24) is 4.90 Å². The van der Waals surface area contributed by atoms with Gasteiger partial charge in [-0.2, -0.15) is 0 Å². The van der Waals surface area contributed by atoms with Gasteiger partial charge in [0.15, 0.2) is 0 Å². The number of aliphatic carboxylic acids is 2. The number of hydrogen-bond donors (Lipinski definition) is 3. The SMILES string of the molecule is C[C@@H](O)CN(C)C.O=C(O[C@@H](C(=O)O)[C@@H](OC(=O)c1ccccc1)C(=O)O)c1ccccc1. The maximum Gasteiger partial charge on any atom is 0.349 e. The average molecular weight is 461 g/mol. The van der Waals surface area contributed by atoms with Crippen molar-refractivity contribution in [3.63, 3.8) is 0 Å². The van der Waals surface area contributed by atoms with Crippen LogP contribution >= 0.6 is 0 Å². The Bertz CT molecular complexity index is 839. The molecular formula is C23H27NO9. The second kappa shape index (κ2) is 13.6. The van der Waals surface area contributed by atoms with Crippen molar-refractivity contribution in [2.24, 2.45) is 0 Å². The van der Waals surface area contributed by atoms with E-state index in [2.05, 4.69) is 0 Å². The third-order valence-electron chi connectivity index (χ3n) is 3.88. The highest BCUT2D eigenvalue weighted by Crippen LogP contribution is 2.13. The minimum atomic E-state index is -2.21. The van der Waals surface area contributed by atoms with Gasteiger partial charge in [0.25, 0.3) is 0 Å². The highest BCUT2D eigenvalue weighted by molar-refractivity contribution is 5.95. The van der Waals surface area contributed by atoms with Gasteiger partial charge in [0.1, 0.15) is 0 Å². The standard InChI is InChI=1S/C18H14O8.C5H13NO/c19-15(20)13(25-17(23)11-7-3-1-4-8-11)14(16(21)22)26-18(24)12-9-5-2-6-10-12;1-5(7)4-6(2)3/h1-10,13-14H,(H,19,20)(H,21,22);5,7H,4H2,1-3H3/t13-,14-;5-/m11/s1. The zero-order valence-corrected chi connectivity index (χ0v) is 18.5. The Hall–Kier alpha value is -3.76. The van der Waals surface area contributed by atoms with Crippen molar-refractivity contribution in [3.05, 3.63) is 71.8 Å². The highest BCUT2D eigenvalue weighted by atomic mass is 16.6. The van der Waals surface area contributed by atoms with Gasteiger partial charge in [-0.25, -0.2) is 19.2 Å². The molecule has 0 aliphatic heterocycles. The summed E-state index contributed by atoms with van der Waals surface area (Å²) in [6.45, 7) is 2.53. The number of carboxylic acid groups (broad SMARTS) is 2. The average Bonchev–Trinajstić information content (AvgIpc) is 2.76. The molecule has 0 bridgehead atoms. The van der Waals surface area contributed by atoms with Crippen LogP contribution in [0.4, 0.5) is 0 Å². The van der Waals surface area contributed by atoms with Crippen LogP contribution in [0.5, 0.6) is 0 Å². The summed E-state index contributed by atoms with van der Waals surface area (Å²) in [5.74, 6) is -5.63. The van der Waals surface area contributed by atoms with Gasteiger partial charge in [0.05, 0.1) is 17.2 Å². The van der Waals surface area contributed by atoms with E-state index in [1.165, 1.54) is 48.5 Å². The first kappa shape index (κ1) is 27.3. The summed E-state index contributed by atoms with van der Waals surface area (Å²) in [4.78, 5) is 48.8. The first-order valence-electron chi connectivity index (χ1n) is 9.83. The molecule has 3 N–H and O–H groups in total. The maximum atomic E-state index is 12.0. The molecule has 0 amide bonds. The first-order valence-corrected chi connectivity index (χ1v) is 9.83. The number of nitrogens with zero attached hydrogens (tertiary/aromatic N) is 1. The molecular weight excluding hydrogens is 434 g/mol. The van der Waals surface area contributed by atoms with Crippen LogP contribution in [0.25, 0.3) is 0 Å². The molecule has 2 rings (SSSR count). The van der Waals surface area contributed by atoms with E-state index >= 15 is 0 Å². The van der Waals surface area contributed by atoms with Crippen LogP contribution in [0.15, 0.2) is 60.7 Å². The highest BCUT2D eigenvalue weighted by Gasteiger charge is 2.40. The molecule has 33 heavy (non-hydrogen) atoms. The molecule has 10 nitrogen and oxygen atoms in total. The summed E-state index contributed by atoms with van der Waals surface area (Å²) in [6.07, 6.45) is -4.63. The number of carbonyl (C=O) groups is 4. The van der Waals surface area contributed by atoms with E-state index in [0.29, 0.717) is 0 Å². The minimum absolute atomic E-state index is 0.0253. The Kier molecular flexibility index (Phi) is 11.2. The van der Waals surface area contributed by atoms with Crippen molar-refractivity contribution in [2.45, 2.75) is 25.2 Å². The lowest BCUT2D eigenvalue weighted by Crippen LogP contribution is -2.45. The summed E-state index contributed by atoms with van der Waals surface area (Å²) in [5, 5.41) is 27.2. The van der Waals surface area contributed by atoms with Crippen molar-refractivity contribution >= 4 is 23.9 Å². The molecule has 0 saturated heterocycles. The lowest BCUT2D eigenvalue weighted by Gasteiger charge is -2.21. The largest absolute Gasteiger partial charge is 0.478 e. The van der Waals surface area contributed by atoms with Gasteiger partial charge in [-0.1, -0.05) is 36.4 Å². The molecule has 10 heteroatoms. The number of rotatable bonds is 9. The molecule has 0 unspecified atom stereocenters. The van der Waals surface area contributed by atoms with E-state index < -0.39 is 36.1 Å². The predicted molar refractivity (Wildman–Crippen MR) is 117 cm³/mol. The van der Waals surface area contributed by atoms with Crippen LogP contribution in [0.3, 0.4) is 0 Å². The van der Waals surface area contributed by atoms with E-state index in [0.717, 1.165) is 6.54 Å². The Morgan fingerprint density at radius 2 is 1.09 bits per heavy atom. The molecule has 3 atom stereocenters. The lowest BCUT2D eigenvalue weighted by molar-refractivity contribution is -0.166. The number of ether oxygens (including phenoxy) is 2. The van der Waals surface area contributed by atoms with E-state index in [-0.39, 0.29) is 17.2 Å². The number of carboxylic acids is 2. The van der Waals surface area contributed by atoms with Gasteiger partial charge >= 0.3 is 23.9 Å². The molecule has 0 heterocycles. The van der Waals surface area contributed by atoms with E-state index in [1.807, 2.05) is 19.0 Å². The number of aliphatic hydroxyl groups excluding tert-OH is 1. The van der Waals surface area contributed by atoms with Crippen molar-refractivity contribution in [2.75, 3.05) is 20.6 Å². The third kappa shape index (κ3) is 9.93. The molecule has 2 aromatic rings. The van der Waals surface area contributed by atoms with E-state index in [1.54, 1.807) is 19.1 Å². The fraction of sp³-hybridized carbons (Fsp3) is 0.304. The van der Waals surface area contributed by atoms with Crippen LogP contribution < -0.4 is 0 Å². The van der Waals surface area contributed by atoms with Crippen LogP contribution in [-0.4, -0.2) is 83.0 Å². The second-order valence-corrected chi connectivity index (χ2v) is 7.17. The molecule has 0 aliphatic carbocycles. The monoisotopic (exact) mass is 461 g/mol. The number of aliphatic hydroxyl groups is 1. The lowest BCUT2D eigenvalue weighted by atomic mass is 10.1. The summed E-state index contributed by atoms with van der Waals surface area (Å²) in [6, 6.07) is 14.8. The first-order chi connectivity index (χ1) is 15.5. The summed E-state index contributed by atoms with van der Waals surface area (Å²) < 4.78 is 9.52. The van der Waals surface area contributed by atoms with Gasteiger partial charge in [-0.05, 0) is 45.3 Å². The van der Waals surface area contributed by atoms with Gasteiger partial charge in [-0.3, -0.25) is 0 Å². The zero-order valence-electron chi connectivity index (χ0n) is 18.5. The van der Waals surface area contributed by atoms with Crippen molar-refractivity contribution < 1.29 is 44.0 Å². The van der Waals surface area contributed by atoms with Crippen molar-refractivity contribution in [1.29, 1.82) is 0 Å². The molecule has 0 aliphatic rings. The number of esters is 2. The number of hydrogen-bond acceptors (Lipinski definition) is 8. The fourth-order valence-corrected chi connectivity index (χ4v) is 2.53. The van der Waals surface area contributed by atoms with Gasteiger partial charge in [0.2, 0.25) is 12.2 Å². The third-order valence-corrected chi connectivity index (χ3v) is 3.88. The fourth-order valence-electron chi connectivity index (χ4n) is 2.53. The van der Waals surface area contributed by atoms with Gasteiger partial charge in [0, 0.05) is 6.54 Å². The Balaban J connectivity index is 0.000000675. The Morgan fingerprint density at radius 1 is 0.758 bits per heavy atom. The topological polar surface area (TPSA) is 151 Å². The molecule has 178 valence electrons. The second-order valence-electron chi connectivity index (χ2n) is 7.17. The number of benzene rings is 2. The maximum absolute atomic E-state index is 12.0. The van der Waals surface area contributed by atoms with Crippen molar-refractivity contribution in [3.8, 4) is 0 Å². The molecule has 0 radical (unpaired) electrons. The van der Waals surface area contributed by atoms with Gasteiger partial charge < -0.3 is 29.7 Å². The number of carbonyl (C=O) groups excluding carboxylic acids is 2. The summed E-state index contributed by atoms with van der Waals surface area (Å²) in [5.41, 5.74) is 0.0505. The molecule has 0 aromatic heterocycles. The van der Waals surface area contributed by atoms with E-state index in [9.17, 15) is 29.4 Å². The van der Waals surface area contributed by atoms with E-state index in [4.69, 9.17) is 14.6 Å². The molecule has 0 saturated carbocycles. The zero-order chi connectivity index (χ0) is 25.0. The van der Waals surface area contributed by atoms with Crippen LogP contribution in [-0.2, 0) is 19.1 Å². The predicted octanol–water partition coefficient (Wildman–Crippen LogP) is 1.54. The Morgan fingerprint density at radius 3 is 1.30 bits per heavy atom. The quantitative estimate of drug-likeness (QED) is 0.469. The Labute approximate surface area is 191 Å². The van der Waals surface area contributed by atoms with Crippen LogP contribution in [0.1, 0.15) is 27.6 Å². The number of likely N-dealkylation sites (N-methyl/N-ethyl adjacent to an activating group) is 1. The van der Waals surface area contributed by atoms with Crippen LogP contribution in [0, 0.1) is 0 Å². The van der Waals surface area contributed by atoms with Gasteiger partial charge in [-0.15, -0.1) is 0 Å².